The van der Waals surface area contributed by atoms with E-state index in [9.17, 15) is 4.79 Å². The average Bonchev–Trinajstić information content (AvgIpc) is 3.00. The smallest absolute Gasteiger partial charge is 0.410 e. The van der Waals surface area contributed by atoms with Gasteiger partial charge in [-0.2, -0.15) is 4.98 Å². The lowest BCUT2D eigenvalue weighted by molar-refractivity contribution is 0.0941. The number of benzene rings is 1. The van der Waals surface area contributed by atoms with Gasteiger partial charge in [0.15, 0.2) is 0 Å². The maximum absolute atomic E-state index is 12.0. The summed E-state index contributed by atoms with van der Waals surface area (Å²) < 4.78 is 5.33. The maximum atomic E-state index is 12.0. The minimum atomic E-state index is -0.291. The fourth-order valence-electron chi connectivity index (χ4n) is 2.32. The number of nitrogens with one attached hydrogen (secondary N) is 1. The summed E-state index contributed by atoms with van der Waals surface area (Å²) in [5, 5.41) is 6.57. The number of hydrogen-bond acceptors (Lipinski definition) is 6. The van der Waals surface area contributed by atoms with Crippen molar-refractivity contribution in [1.29, 1.82) is 0 Å². The Balaban J connectivity index is 1.47. The van der Waals surface area contributed by atoms with Crippen LogP contribution in [0.2, 0.25) is 0 Å². The first-order valence-electron chi connectivity index (χ1n) is 7.11. The fourth-order valence-corrected chi connectivity index (χ4v) is 2.32. The SMILES string of the molecule is Nc1n[nH]c(N2CCN(C(=O)OCc3ccccc3)CC2)n1. The van der Waals surface area contributed by atoms with E-state index in [-0.39, 0.29) is 12.0 Å². The van der Waals surface area contributed by atoms with Crippen molar-refractivity contribution in [2.75, 3.05) is 36.8 Å². The zero-order chi connectivity index (χ0) is 15.4. The largest absolute Gasteiger partial charge is 0.445 e. The van der Waals surface area contributed by atoms with Crippen LogP contribution in [-0.4, -0.2) is 52.4 Å². The molecule has 1 saturated heterocycles. The third-order valence-electron chi connectivity index (χ3n) is 3.53. The molecule has 22 heavy (non-hydrogen) atoms. The topological polar surface area (TPSA) is 100 Å². The van der Waals surface area contributed by atoms with E-state index in [1.807, 2.05) is 35.2 Å². The number of piperazine rings is 1. The van der Waals surface area contributed by atoms with E-state index in [0.29, 0.717) is 38.7 Å². The van der Waals surface area contributed by atoms with Crippen molar-refractivity contribution in [3.8, 4) is 0 Å². The summed E-state index contributed by atoms with van der Waals surface area (Å²) in [6.45, 7) is 2.77. The molecule has 0 spiro atoms. The Morgan fingerprint density at radius 1 is 1.23 bits per heavy atom. The van der Waals surface area contributed by atoms with Crippen molar-refractivity contribution >= 4 is 18.0 Å². The number of carbonyl (C=O) groups excluding carboxylic acids is 1. The van der Waals surface area contributed by atoms with E-state index < -0.39 is 0 Å². The van der Waals surface area contributed by atoms with Crippen LogP contribution in [0.25, 0.3) is 0 Å². The highest BCUT2D eigenvalue weighted by atomic mass is 16.6. The van der Waals surface area contributed by atoms with Gasteiger partial charge in [0, 0.05) is 26.2 Å². The van der Waals surface area contributed by atoms with Crippen molar-refractivity contribution in [3.63, 3.8) is 0 Å². The normalized spacial score (nSPS) is 14.9. The average molecular weight is 302 g/mol. The molecule has 3 N–H and O–H groups in total. The fraction of sp³-hybridized carbons (Fsp3) is 0.357. The van der Waals surface area contributed by atoms with Crippen molar-refractivity contribution in [1.82, 2.24) is 20.1 Å². The molecule has 1 aromatic heterocycles. The third-order valence-corrected chi connectivity index (χ3v) is 3.53. The highest BCUT2D eigenvalue weighted by molar-refractivity contribution is 5.68. The Morgan fingerprint density at radius 3 is 2.59 bits per heavy atom. The van der Waals surface area contributed by atoms with E-state index in [2.05, 4.69) is 15.2 Å². The molecule has 8 heteroatoms. The van der Waals surface area contributed by atoms with Crippen molar-refractivity contribution in [2.45, 2.75) is 6.61 Å². The first-order valence-corrected chi connectivity index (χ1v) is 7.11. The standard InChI is InChI=1S/C14H18N6O2/c15-12-16-13(18-17-12)19-6-8-20(9-7-19)14(21)22-10-11-4-2-1-3-5-11/h1-5H,6-10H2,(H3,15,16,17,18). The summed E-state index contributed by atoms with van der Waals surface area (Å²) >= 11 is 0. The van der Waals surface area contributed by atoms with Crippen LogP contribution in [0.1, 0.15) is 5.56 Å². The molecule has 0 bridgehead atoms. The quantitative estimate of drug-likeness (QED) is 0.871. The monoisotopic (exact) mass is 302 g/mol. The second-order valence-electron chi connectivity index (χ2n) is 5.03. The molecule has 2 heterocycles. The van der Waals surface area contributed by atoms with E-state index >= 15 is 0 Å². The molecular formula is C14H18N6O2. The highest BCUT2D eigenvalue weighted by Gasteiger charge is 2.23. The number of anilines is 2. The van der Waals surface area contributed by atoms with Gasteiger partial charge in [0.25, 0.3) is 0 Å². The van der Waals surface area contributed by atoms with Gasteiger partial charge in [0.2, 0.25) is 11.9 Å². The Bertz CT molecular complexity index is 621. The summed E-state index contributed by atoms with van der Waals surface area (Å²) in [4.78, 5) is 19.8. The number of ether oxygens (including phenoxy) is 1. The van der Waals surface area contributed by atoms with E-state index in [4.69, 9.17) is 10.5 Å². The van der Waals surface area contributed by atoms with Gasteiger partial charge >= 0.3 is 6.09 Å². The molecule has 1 aromatic carbocycles. The maximum Gasteiger partial charge on any atom is 0.410 e. The highest BCUT2D eigenvalue weighted by Crippen LogP contribution is 2.12. The van der Waals surface area contributed by atoms with Crippen LogP contribution in [0, 0.1) is 0 Å². The number of H-pyrrole nitrogens is 1. The molecule has 116 valence electrons. The lowest BCUT2D eigenvalue weighted by atomic mass is 10.2. The van der Waals surface area contributed by atoms with Gasteiger partial charge in [-0.1, -0.05) is 30.3 Å². The van der Waals surface area contributed by atoms with Crippen LogP contribution in [0.15, 0.2) is 30.3 Å². The summed E-state index contributed by atoms with van der Waals surface area (Å²) in [6.07, 6.45) is -0.291. The lowest BCUT2D eigenvalue weighted by Gasteiger charge is -2.33. The van der Waals surface area contributed by atoms with Crippen LogP contribution in [0.5, 0.6) is 0 Å². The van der Waals surface area contributed by atoms with Gasteiger partial charge in [-0.15, -0.1) is 5.10 Å². The number of aromatic nitrogens is 3. The second kappa shape index (κ2) is 6.33. The minimum Gasteiger partial charge on any atom is -0.445 e. The van der Waals surface area contributed by atoms with Gasteiger partial charge in [-0.3, -0.25) is 0 Å². The Labute approximate surface area is 127 Å². The van der Waals surface area contributed by atoms with Crippen molar-refractivity contribution in [3.05, 3.63) is 35.9 Å². The lowest BCUT2D eigenvalue weighted by Crippen LogP contribution is -2.49. The summed E-state index contributed by atoms with van der Waals surface area (Å²) in [5.74, 6) is 0.856. The van der Waals surface area contributed by atoms with Crippen LogP contribution in [-0.2, 0) is 11.3 Å². The number of hydrogen-bond donors (Lipinski definition) is 2. The van der Waals surface area contributed by atoms with Crippen LogP contribution in [0.3, 0.4) is 0 Å². The molecule has 1 aliphatic heterocycles. The Kier molecular flexibility index (Phi) is 4.08. The number of nitrogens with zero attached hydrogens (tertiary/aromatic N) is 4. The number of amides is 1. The predicted molar refractivity (Wildman–Crippen MR) is 81.2 cm³/mol. The molecule has 0 unspecified atom stereocenters. The van der Waals surface area contributed by atoms with Crippen LogP contribution >= 0.6 is 0 Å². The van der Waals surface area contributed by atoms with E-state index in [1.54, 1.807) is 4.90 Å². The predicted octanol–water partition coefficient (Wildman–Crippen LogP) is 0.846. The molecule has 0 aliphatic carbocycles. The number of nitrogen functional groups attached to an aromatic ring is 1. The molecular weight excluding hydrogens is 284 g/mol. The van der Waals surface area contributed by atoms with Crippen molar-refractivity contribution < 1.29 is 9.53 Å². The molecule has 0 atom stereocenters. The number of rotatable bonds is 3. The molecule has 8 nitrogen and oxygen atoms in total. The molecule has 0 saturated carbocycles. The number of aromatic amines is 1. The van der Waals surface area contributed by atoms with Gasteiger partial charge in [0.1, 0.15) is 6.61 Å². The number of carbonyl (C=O) groups is 1. The molecule has 1 aliphatic rings. The van der Waals surface area contributed by atoms with Gasteiger partial charge < -0.3 is 20.3 Å². The number of nitrogens with two attached hydrogens (primary N) is 1. The van der Waals surface area contributed by atoms with Crippen molar-refractivity contribution in [2.24, 2.45) is 0 Å². The molecule has 1 amide bonds. The van der Waals surface area contributed by atoms with Gasteiger partial charge in [-0.25, -0.2) is 9.89 Å². The molecule has 0 radical (unpaired) electrons. The van der Waals surface area contributed by atoms with Gasteiger partial charge in [0.05, 0.1) is 0 Å². The van der Waals surface area contributed by atoms with Crippen LogP contribution < -0.4 is 10.6 Å². The molecule has 1 fully saturated rings. The third kappa shape index (κ3) is 3.27. The zero-order valence-corrected chi connectivity index (χ0v) is 12.1. The first kappa shape index (κ1) is 14.2. The zero-order valence-electron chi connectivity index (χ0n) is 12.1. The summed E-state index contributed by atoms with van der Waals surface area (Å²) in [7, 11) is 0. The molecule has 3 rings (SSSR count). The second-order valence-corrected chi connectivity index (χ2v) is 5.03. The van der Waals surface area contributed by atoms with E-state index in [1.165, 1.54) is 0 Å². The Hall–Kier alpha value is -2.77. The summed E-state index contributed by atoms with van der Waals surface area (Å²) in [5.41, 5.74) is 6.47. The van der Waals surface area contributed by atoms with Gasteiger partial charge in [-0.05, 0) is 5.56 Å². The first-order chi connectivity index (χ1) is 10.7. The molecule has 2 aromatic rings. The van der Waals surface area contributed by atoms with Crippen LogP contribution in [0.4, 0.5) is 16.7 Å². The summed E-state index contributed by atoms with van der Waals surface area (Å²) in [6, 6.07) is 9.63. The minimum absolute atomic E-state index is 0.222. The van der Waals surface area contributed by atoms with E-state index in [0.717, 1.165) is 5.56 Å². The Morgan fingerprint density at radius 2 is 1.95 bits per heavy atom.